The lowest BCUT2D eigenvalue weighted by molar-refractivity contribution is -0.170. The van der Waals surface area contributed by atoms with Gasteiger partial charge >= 0.3 is 7.60 Å². The summed E-state index contributed by atoms with van der Waals surface area (Å²) in [5.74, 6) is -2.70. The number of allylic oxidation sites excluding steroid dienone is 1. The van der Waals surface area contributed by atoms with Gasteiger partial charge in [-0.15, -0.1) is 0 Å². The summed E-state index contributed by atoms with van der Waals surface area (Å²) in [6, 6.07) is 0. The van der Waals surface area contributed by atoms with Crippen LogP contribution in [0.3, 0.4) is 0 Å². The highest BCUT2D eigenvalue weighted by Gasteiger charge is 2.26. The number of nitrogens with one attached hydrogen (secondary N) is 1. The lowest BCUT2D eigenvalue weighted by atomic mass is 9.95. The molecule has 8 nitrogen and oxygen atoms in total. The minimum atomic E-state index is -4.57. The number of hydrogen-bond donors (Lipinski definition) is 5. The van der Waals surface area contributed by atoms with Gasteiger partial charge in [-0.2, -0.15) is 0 Å². The van der Waals surface area contributed by atoms with Gasteiger partial charge in [-0.3, -0.25) is 19.9 Å². The molecule has 0 aromatic rings. The van der Waals surface area contributed by atoms with Gasteiger partial charge in [0.1, 0.15) is 0 Å². The van der Waals surface area contributed by atoms with Crippen LogP contribution in [-0.4, -0.2) is 50.1 Å². The number of rotatable bonds is 6. The zero-order valence-corrected chi connectivity index (χ0v) is 11.2. The van der Waals surface area contributed by atoms with E-state index < -0.39 is 25.9 Å². The van der Waals surface area contributed by atoms with Crippen molar-refractivity contribution >= 4 is 13.5 Å². The molecule has 110 valence electrons. The number of nitrogens with zero attached hydrogens (tertiary/aromatic N) is 1. The van der Waals surface area contributed by atoms with Gasteiger partial charge in [-0.1, -0.05) is 12.2 Å². The van der Waals surface area contributed by atoms with E-state index in [1.165, 1.54) is 0 Å². The number of aliphatic hydroxyl groups excluding tert-OH is 1. The molecule has 0 aromatic carbocycles. The van der Waals surface area contributed by atoms with Crippen molar-refractivity contribution in [3.05, 3.63) is 12.2 Å². The average Bonchev–Trinajstić information content (AvgIpc) is 2.37. The van der Waals surface area contributed by atoms with Crippen LogP contribution < -0.4 is 5.32 Å². The molecule has 5 N–H and O–H groups in total. The highest BCUT2D eigenvalue weighted by molar-refractivity contribution is 7.52. The van der Waals surface area contributed by atoms with Crippen LogP contribution in [0.4, 0.5) is 0 Å². The van der Waals surface area contributed by atoms with E-state index in [0.29, 0.717) is 11.5 Å². The molecule has 0 heterocycles. The van der Waals surface area contributed by atoms with Crippen molar-refractivity contribution < 1.29 is 29.5 Å². The van der Waals surface area contributed by atoms with Gasteiger partial charge in [-0.25, -0.2) is 5.06 Å². The Morgan fingerprint density at radius 3 is 2.74 bits per heavy atom. The third-order valence-electron chi connectivity index (χ3n) is 2.80. The summed E-state index contributed by atoms with van der Waals surface area (Å²) in [7, 11) is -4.57. The van der Waals surface area contributed by atoms with Gasteiger partial charge in [0.2, 0.25) is 0 Å². The summed E-state index contributed by atoms with van der Waals surface area (Å²) in [5.41, 5.74) is 0. The van der Waals surface area contributed by atoms with Crippen molar-refractivity contribution in [3.8, 4) is 0 Å². The normalized spacial score (nSPS) is 21.2. The van der Waals surface area contributed by atoms with Crippen LogP contribution in [-0.2, 0) is 9.36 Å². The number of hydroxylamine groups is 2. The fourth-order valence-electron chi connectivity index (χ4n) is 1.71. The predicted molar refractivity (Wildman–Crippen MR) is 66.0 cm³/mol. The molecule has 0 bridgehead atoms. The van der Waals surface area contributed by atoms with E-state index in [2.05, 4.69) is 5.32 Å². The second kappa shape index (κ2) is 7.14. The summed E-state index contributed by atoms with van der Waals surface area (Å²) >= 11 is 0. The second-order valence-electron chi connectivity index (χ2n) is 4.39. The van der Waals surface area contributed by atoms with Crippen molar-refractivity contribution in [1.29, 1.82) is 0 Å². The zero-order chi connectivity index (χ0) is 14.5. The molecule has 0 spiro atoms. The SMILES string of the molecule is O=C(C1C=CCCC1)N(O)CNCC(O)P(=O)(O)O. The Balaban J connectivity index is 2.33. The molecule has 9 heteroatoms. The molecule has 0 saturated carbocycles. The van der Waals surface area contributed by atoms with Gasteiger partial charge < -0.3 is 14.9 Å². The maximum Gasteiger partial charge on any atom is 0.355 e. The summed E-state index contributed by atoms with van der Waals surface area (Å²) in [5, 5.41) is 21.4. The Kier molecular flexibility index (Phi) is 6.12. The average molecular weight is 294 g/mol. The molecule has 1 aliphatic rings. The van der Waals surface area contributed by atoms with Crippen LogP contribution in [0.25, 0.3) is 0 Å². The Morgan fingerprint density at radius 2 is 2.21 bits per heavy atom. The number of amides is 1. The zero-order valence-electron chi connectivity index (χ0n) is 10.3. The van der Waals surface area contributed by atoms with Crippen LogP contribution in [0.15, 0.2) is 12.2 Å². The molecule has 0 saturated heterocycles. The molecule has 1 aliphatic carbocycles. The van der Waals surface area contributed by atoms with E-state index in [1.54, 1.807) is 6.08 Å². The minimum absolute atomic E-state index is 0.305. The van der Waals surface area contributed by atoms with Crippen molar-refractivity contribution in [1.82, 2.24) is 10.4 Å². The molecular weight excluding hydrogens is 275 g/mol. The quantitative estimate of drug-likeness (QED) is 0.148. The van der Waals surface area contributed by atoms with Gasteiger partial charge in [0.15, 0.2) is 5.85 Å². The van der Waals surface area contributed by atoms with Crippen molar-refractivity contribution in [2.45, 2.75) is 25.1 Å². The standard InChI is InChI=1S/C10H19N2O6P/c13-9(19(16,17)18)6-11-7-12(15)10(14)8-4-2-1-3-5-8/h2,4,8-9,11,13,15H,1,3,5-7H2,(H2,16,17,18). The fourth-order valence-corrected chi connectivity index (χ4v) is 2.07. The maximum atomic E-state index is 11.7. The Morgan fingerprint density at radius 1 is 1.53 bits per heavy atom. The van der Waals surface area contributed by atoms with Crippen molar-refractivity contribution in [2.75, 3.05) is 13.2 Å². The van der Waals surface area contributed by atoms with E-state index in [1.807, 2.05) is 6.08 Å². The van der Waals surface area contributed by atoms with E-state index >= 15 is 0 Å². The Labute approximate surface area is 110 Å². The third-order valence-corrected chi connectivity index (χ3v) is 3.76. The summed E-state index contributed by atoms with van der Waals surface area (Å²) < 4.78 is 10.6. The number of aliphatic hydroxyl groups is 1. The lowest BCUT2D eigenvalue weighted by Gasteiger charge is -2.22. The van der Waals surface area contributed by atoms with Gasteiger partial charge in [0, 0.05) is 6.54 Å². The topological polar surface area (TPSA) is 130 Å². The molecule has 1 rings (SSSR count). The van der Waals surface area contributed by atoms with E-state index in [4.69, 9.17) is 14.9 Å². The molecule has 2 unspecified atom stereocenters. The molecule has 1 amide bonds. The first-order valence-electron chi connectivity index (χ1n) is 5.93. The van der Waals surface area contributed by atoms with Crippen LogP contribution in [0.5, 0.6) is 0 Å². The Hall–Kier alpha value is -0.760. The molecule has 0 aliphatic heterocycles. The number of carbonyl (C=O) groups is 1. The second-order valence-corrected chi connectivity index (χ2v) is 6.16. The van der Waals surface area contributed by atoms with Crippen LogP contribution in [0.2, 0.25) is 0 Å². The molecule has 19 heavy (non-hydrogen) atoms. The first kappa shape index (κ1) is 16.3. The van der Waals surface area contributed by atoms with Crippen LogP contribution in [0.1, 0.15) is 19.3 Å². The molecule has 0 radical (unpaired) electrons. The maximum absolute atomic E-state index is 11.7. The molecule has 2 atom stereocenters. The Bertz CT molecular complexity index is 382. The third kappa shape index (κ3) is 5.40. The van der Waals surface area contributed by atoms with Crippen molar-refractivity contribution in [2.24, 2.45) is 5.92 Å². The first-order valence-corrected chi connectivity index (χ1v) is 7.61. The van der Waals surface area contributed by atoms with Gasteiger partial charge in [0.05, 0.1) is 12.6 Å². The largest absolute Gasteiger partial charge is 0.379 e. The highest BCUT2D eigenvalue weighted by Crippen LogP contribution is 2.38. The molecule has 0 fully saturated rings. The molecular formula is C10H19N2O6P. The van der Waals surface area contributed by atoms with Gasteiger partial charge in [-0.05, 0) is 19.3 Å². The summed E-state index contributed by atoms with van der Waals surface area (Å²) in [6.45, 7) is -0.727. The smallest absolute Gasteiger partial charge is 0.355 e. The fraction of sp³-hybridized carbons (Fsp3) is 0.700. The van der Waals surface area contributed by atoms with Crippen molar-refractivity contribution in [3.63, 3.8) is 0 Å². The molecule has 0 aromatic heterocycles. The number of carbonyl (C=O) groups excluding carboxylic acids is 1. The van der Waals surface area contributed by atoms with E-state index in [9.17, 15) is 14.6 Å². The minimum Gasteiger partial charge on any atom is -0.379 e. The predicted octanol–water partition coefficient (Wildman–Crippen LogP) is -0.396. The monoisotopic (exact) mass is 294 g/mol. The van der Waals surface area contributed by atoms with Gasteiger partial charge in [0.25, 0.3) is 5.91 Å². The lowest BCUT2D eigenvalue weighted by Crippen LogP contribution is -2.41. The summed E-state index contributed by atoms with van der Waals surface area (Å²) in [4.78, 5) is 29.0. The van der Waals surface area contributed by atoms with E-state index in [-0.39, 0.29) is 12.6 Å². The van der Waals surface area contributed by atoms with Crippen LogP contribution in [0, 0.1) is 5.92 Å². The summed E-state index contributed by atoms with van der Waals surface area (Å²) in [6.07, 6.45) is 6.08. The first-order chi connectivity index (χ1) is 8.82. The van der Waals surface area contributed by atoms with E-state index in [0.717, 1.165) is 12.8 Å². The van der Waals surface area contributed by atoms with Crippen LogP contribution >= 0.6 is 7.60 Å². The number of hydrogen-bond acceptors (Lipinski definition) is 5. The highest BCUT2D eigenvalue weighted by atomic mass is 31.2.